The number of hydrogen-bond acceptors (Lipinski definition) is 4. The Balaban J connectivity index is 2.01. The second kappa shape index (κ2) is 7.21. The van der Waals surface area contributed by atoms with Crippen LogP contribution in [0, 0.1) is 5.82 Å². The summed E-state index contributed by atoms with van der Waals surface area (Å²) in [5, 5.41) is 3.39. The van der Waals surface area contributed by atoms with E-state index in [4.69, 9.17) is 0 Å². The first-order valence-corrected chi connectivity index (χ1v) is 7.15. The third-order valence-electron chi connectivity index (χ3n) is 2.65. The molecule has 0 saturated carbocycles. The van der Waals surface area contributed by atoms with Gasteiger partial charge in [-0.3, -0.25) is 0 Å². The maximum Gasteiger partial charge on any atom is 0.124 e. The second-order valence-corrected chi connectivity index (χ2v) is 5.14. The van der Waals surface area contributed by atoms with E-state index in [0.29, 0.717) is 0 Å². The number of halogens is 1. The number of thioether (sulfide) groups is 1. The molecule has 0 fully saturated rings. The van der Waals surface area contributed by atoms with Crippen molar-refractivity contribution in [2.45, 2.75) is 17.9 Å². The molecular weight excluding hydrogens is 261 g/mol. The van der Waals surface area contributed by atoms with Gasteiger partial charge in [-0.05, 0) is 24.7 Å². The molecule has 0 bridgehead atoms. The average molecular weight is 277 g/mol. The summed E-state index contributed by atoms with van der Waals surface area (Å²) < 4.78 is 13.1. The topological polar surface area (TPSA) is 37.8 Å². The van der Waals surface area contributed by atoms with Gasteiger partial charge in [-0.15, -0.1) is 11.8 Å². The van der Waals surface area contributed by atoms with Gasteiger partial charge in [0.25, 0.3) is 0 Å². The molecule has 0 saturated heterocycles. The molecule has 1 aromatic carbocycles. The quantitative estimate of drug-likeness (QED) is 0.824. The Morgan fingerprint density at radius 2 is 2.11 bits per heavy atom. The molecule has 0 amide bonds. The molecule has 0 radical (unpaired) electrons. The van der Waals surface area contributed by atoms with Crippen molar-refractivity contribution in [1.29, 1.82) is 0 Å². The van der Waals surface area contributed by atoms with E-state index in [0.717, 1.165) is 22.8 Å². The van der Waals surface area contributed by atoms with Gasteiger partial charge < -0.3 is 5.32 Å². The van der Waals surface area contributed by atoms with Crippen molar-refractivity contribution in [2.24, 2.45) is 0 Å². The first-order valence-electron chi connectivity index (χ1n) is 6.16. The summed E-state index contributed by atoms with van der Waals surface area (Å²) in [6.45, 7) is 2.92. The standard InChI is InChI=1S/C14H16FN3S/c1-2-18-14(11-7-16-10-17-8-11)9-19-13-5-3-4-12(15)6-13/h3-8,10,14,18H,2,9H2,1H3. The fourth-order valence-electron chi connectivity index (χ4n) is 1.75. The van der Waals surface area contributed by atoms with E-state index in [1.807, 2.05) is 18.5 Å². The van der Waals surface area contributed by atoms with E-state index >= 15 is 0 Å². The second-order valence-electron chi connectivity index (χ2n) is 4.05. The van der Waals surface area contributed by atoms with Gasteiger partial charge in [0.05, 0.1) is 0 Å². The zero-order valence-electron chi connectivity index (χ0n) is 10.7. The van der Waals surface area contributed by atoms with Gasteiger partial charge in [0, 0.05) is 34.6 Å². The molecular formula is C14H16FN3S. The first kappa shape index (κ1) is 14.0. The number of hydrogen-bond donors (Lipinski definition) is 1. The minimum Gasteiger partial charge on any atom is -0.309 e. The van der Waals surface area contributed by atoms with Crippen molar-refractivity contribution in [3.8, 4) is 0 Å². The zero-order valence-corrected chi connectivity index (χ0v) is 11.5. The summed E-state index contributed by atoms with van der Waals surface area (Å²) in [5.41, 5.74) is 1.05. The highest BCUT2D eigenvalue weighted by atomic mass is 32.2. The average Bonchev–Trinajstić information content (AvgIpc) is 2.44. The van der Waals surface area contributed by atoms with Crippen molar-refractivity contribution >= 4 is 11.8 Å². The molecule has 5 heteroatoms. The van der Waals surface area contributed by atoms with E-state index in [1.165, 1.54) is 12.4 Å². The van der Waals surface area contributed by atoms with Gasteiger partial charge in [-0.2, -0.15) is 0 Å². The van der Waals surface area contributed by atoms with Crippen LogP contribution >= 0.6 is 11.8 Å². The third-order valence-corrected chi connectivity index (χ3v) is 3.73. The summed E-state index contributed by atoms with van der Waals surface area (Å²) in [6.07, 6.45) is 5.14. The largest absolute Gasteiger partial charge is 0.309 e. The molecule has 1 N–H and O–H groups in total. The third kappa shape index (κ3) is 4.29. The smallest absolute Gasteiger partial charge is 0.124 e. The van der Waals surface area contributed by atoms with Crippen LogP contribution in [-0.2, 0) is 0 Å². The Morgan fingerprint density at radius 3 is 2.79 bits per heavy atom. The molecule has 2 aromatic rings. The monoisotopic (exact) mass is 277 g/mol. The Morgan fingerprint density at radius 1 is 1.32 bits per heavy atom. The van der Waals surface area contributed by atoms with Gasteiger partial charge in [-0.1, -0.05) is 13.0 Å². The fourth-order valence-corrected chi connectivity index (χ4v) is 2.79. The van der Waals surface area contributed by atoms with Crippen LogP contribution in [-0.4, -0.2) is 22.3 Å². The van der Waals surface area contributed by atoms with Crippen LogP contribution in [0.1, 0.15) is 18.5 Å². The summed E-state index contributed by atoms with van der Waals surface area (Å²) >= 11 is 1.62. The van der Waals surface area contributed by atoms with Crippen LogP contribution in [0.25, 0.3) is 0 Å². The molecule has 19 heavy (non-hydrogen) atoms. The lowest BCUT2D eigenvalue weighted by Crippen LogP contribution is -2.23. The van der Waals surface area contributed by atoms with E-state index in [2.05, 4.69) is 22.2 Å². The maximum absolute atomic E-state index is 13.1. The van der Waals surface area contributed by atoms with Crippen LogP contribution in [0.15, 0.2) is 47.9 Å². The molecule has 2 rings (SSSR count). The number of nitrogens with zero attached hydrogens (tertiary/aromatic N) is 2. The lowest BCUT2D eigenvalue weighted by molar-refractivity contribution is 0.601. The van der Waals surface area contributed by atoms with E-state index in [-0.39, 0.29) is 11.9 Å². The number of nitrogens with one attached hydrogen (secondary N) is 1. The molecule has 0 aliphatic rings. The molecule has 100 valence electrons. The van der Waals surface area contributed by atoms with Gasteiger partial charge in [0.1, 0.15) is 12.1 Å². The van der Waals surface area contributed by atoms with Crippen molar-refractivity contribution in [2.75, 3.05) is 12.3 Å². The van der Waals surface area contributed by atoms with Gasteiger partial charge in [0.2, 0.25) is 0 Å². The van der Waals surface area contributed by atoms with Crippen LogP contribution < -0.4 is 5.32 Å². The van der Waals surface area contributed by atoms with Gasteiger partial charge in [0.15, 0.2) is 0 Å². The van der Waals surface area contributed by atoms with Crippen molar-refractivity contribution in [3.63, 3.8) is 0 Å². The molecule has 0 aliphatic carbocycles. The number of benzene rings is 1. The van der Waals surface area contributed by atoms with Crippen molar-refractivity contribution in [3.05, 3.63) is 54.4 Å². The maximum atomic E-state index is 13.1. The Kier molecular flexibility index (Phi) is 5.30. The minimum absolute atomic E-state index is 0.166. The predicted octanol–water partition coefficient (Wildman–Crippen LogP) is 3.06. The van der Waals surface area contributed by atoms with Gasteiger partial charge in [-0.25, -0.2) is 14.4 Å². The fraction of sp³-hybridized carbons (Fsp3) is 0.286. The molecule has 0 aliphatic heterocycles. The summed E-state index contributed by atoms with van der Waals surface area (Å²) in [6, 6.07) is 6.81. The molecule has 1 atom stereocenters. The Bertz CT molecular complexity index is 507. The van der Waals surface area contributed by atoms with E-state index in [9.17, 15) is 4.39 Å². The van der Waals surface area contributed by atoms with Crippen LogP contribution in [0.5, 0.6) is 0 Å². The highest BCUT2D eigenvalue weighted by molar-refractivity contribution is 7.99. The lowest BCUT2D eigenvalue weighted by atomic mass is 10.2. The predicted molar refractivity (Wildman–Crippen MR) is 75.6 cm³/mol. The first-order chi connectivity index (χ1) is 9.29. The lowest BCUT2D eigenvalue weighted by Gasteiger charge is -2.17. The summed E-state index contributed by atoms with van der Waals surface area (Å²) in [7, 11) is 0. The van der Waals surface area contributed by atoms with Crippen LogP contribution in [0.2, 0.25) is 0 Å². The molecule has 1 heterocycles. The number of aromatic nitrogens is 2. The molecule has 0 spiro atoms. The summed E-state index contributed by atoms with van der Waals surface area (Å²) in [4.78, 5) is 9.00. The molecule has 1 unspecified atom stereocenters. The van der Waals surface area contributed by atoms with Crippen LogP contribution in [0.4, 0.5) is 4.39 Å². The van der Waals surface area contributed by atoms with E-state index < -0.39 is 0 Å². The Labute approximate surface area is 116 Å². The normalized spacial score (nSPS) is 12.3. The van der Waals surface area contributed by atoms with Crippen LogP contribution in [0.3, 0.4) is 0 Å². The molecule has 1 aromatic heterocycles. The molecule has 3 nitrogen and oxygen atoms in total. The van der Waals surface area contributed by atoms with Crippen molar-refractivity contribution < 1.29 is 4.39 Å². The minimum atomic E-state index is -0.201. The zero-order chi connectivity index (χ0) is 13.5. The van der Waals surface area contributed by atoms with E-state index in [1.54, 1.807) is 23.9 Å². The highest BCUT2D eigenvalue weighted by Crippen LogP contribution is 2.24. The Hall–Kier alpha value is -1.46. The van der Waals surface area contributed by atoms with Crippen molar-refractivity contribution in [1.82, 2.24) is 15.3 Å². The highest BCUT2D eigenvalue weighted by Gasteiger charge is 2.11. The van der Waals surface area contributed by atoms with Gasteiger partial charge >= 0.3 is 0 Å². The number of rotatable bonds is 6. The summed E-state index contributed by atoms with van der Waals surface area (Å²) in [5.74, 6) is 0.609. The SMILES string of the molecule is CCNC(CSc1cccc(F)c1)c1cncnc1.